The van der Waals surface area contributed by atoms with Gasteiger partial charge in [-0.15, -0.1) is 0 Å². The third-order valence-electron chi connectivity index (χ3n) is 6.88. The highest BCUT2D eigenvalue weighted by Crippen LogP contribution is 2.35. The van der Waals surface area contributed by atoms with E-state index in [0.717, 1.165) is 38.5 Å². The van der Waals surface area contributed by atoms with E-state index >= 15 is 0 Å². The van der Waals surface area contributed by atoms with Crippen LogP contribution >= 0.6 is 7.82 Å². The molecule has 0 radical (unpaired) electrons. The maximum absolute atomic E-state index is 12.3. The minimum Gasteiger partial charge on any atom is -0.462 e. The molecule has 9 heteroatoms. The smallest absolute Gasteiger partial charge is 0.462 e. The number of hydrogen-bond acceptors (Lipinski definition) is 6. The quantitative estimate of drug-likeness (QED) is 0.0345. The maximum atomic E-state index is 12.3. The summed E-state index contributed by atoms with van der Waals surface area (Å²) in [6.45, 7) is 3.48. The molecule has 0 rings (SSSR count). The van der Waals surface area contributed by atoms with Gasteiger partial charge < -0.3 is 19.3 Å². The van der Waals surface area contributed by atoms with Crippen molar-refractivity contribution >= 4 is 19.8 Å². The van der Waals surface area contributed by atoms with Gasteiger partial charge in [-0.25, -0.2) is 4.57 Å². The van der Waals surface area contributed by atoms with E-state index in [0.29, 0.717) is 12.8 Å². The molecule has 0 fully saturated rings. The summed E-state index contributed by atoms with van der Waals surface area (Å²) in [5.41, 5.74) is 0. The van der Waals surface area contributed by atoms with Crippen molar-refractivity contribution in [3.63, 3.8) is 0 Å². The Balaban J connectivity index is 4.12. The van der Waals surface area contributed by atoms with Gasteiger partial charge in [-0.3, -0.25) is 14.1 Å². The number of carbonyl (C=O) groups is 2. The molecule has 0 saturated carbocycles. The molecular weight excluding hydrogens is 579 g/mol. The lowest BCUT2D eigenvalue weighted by atomic mass is 10.0. The Morgan fingerprint density at radius 2 is 1.09 bits per heavy atom. The van der Waals surface area contributed by atoms with E-state index in [1.165, 1.54) is 64.2 Å². The Labute approximate surface area is 267 Å². The van der Waals surface area contributed by atoms with Crippen molar-refractivity contribution < 1.29 is 37.9 Å². The fourth-order valence-electron chi connectivity index (χ4n) is 4.39. The van der Waals surface area contributed by atoms with Gasteiger partial charge >= 0.3 is 19.8 Å². The number of phosphoric acid groups is 1. The van der Waals surface area contributed by atoms with E-state index in [1.807, 2.05) is 12.2 Å². The summed E-state index contributed by atoms with van der Waals surface area (Å²) >= 11 is 0. The molecule has 0 aromatic heterocycles. The van der Waals surface area contributed by atoms with Gasteiger partial charge in [-0.2, -0.15) is 0 Å². The molecule has 1 unspecified atom stereocenters. The van der Waals surface area contributed by atoms with Crippen molar-refractivity contribution in [3.05, 3.63) is 48.6 Å². The highest BCUT2D eigenvalue weighted by Gasteiger charge is 2.22. The Kier molecular flexibility index (Phi) is 29.6. The first-order valence-electron chi connectivity index (χ1n) is 16.9. The van der Waals surface area contributed by atoms with E-state index < -0.39 is 32.5 Å². The van der Waals surface area contributed by atoms with E-state index in [-0.39, 0.29) is 19.4 Å². The van der Waals surface area contributed by atoms with Gasteiger partial charge in [0.05, 0.1) is 6.61 Å². The highest BCUT2D eigenvalue weighted by molar-refractivity contribution is 7.46. The predicted molar refractivity (Wildman–Crippen MR) is 179 cm³/mol. The lowest BCUT2D eigenvalue weighted by molar-refractivity contribution is -0.161. The predicted octanol–water partition coefficient (Wildman–Crippen LogP) is 9.62. The van der Waals surface area contributed by atoms with Crippen molar-refractivity contribution in [2.45, 2.75) is 148 Å². The van der Waals surface area contributed by atoms with E-state index in [2.05, 4.69) is 54.8 Å². The molecular formula is C35H61O8P. The standard InChI is InChI=1S/C35H61O8P/c1-3-5-7-9-11-13-15-17-19-21-23-25-27-29-34(36)41-31-33(32-42-44(38,39)40)43-35(37)30-28-26-24-22-20-18-16-14-12-10-8-6-4-2/h6,8,12,14,18,20,24,26,33H,3-5,7,9-11,13,15-17,19,21-23,25,27-32H2,1-2H3,(H2,38,39,40)/b8-6-,14-12-,20-18-,26-24-. The molecule has 1 atom stereocenters. The molecule has 0 aromatic carbocycles. The summed E-state index contributed by atoms with van der Waals surface area (Å²) in [4.78, 5) is 42.5. The summed E-state index contributed by atoms with van der Waals surface area (Å²) < 4.78 is 26.1. The number of allylic oxidation sites excluding steroid dienone is 8. The van der Waals surface area contributed by atoms with E-state index in [4.69, 9.17) is 19.3 Å². The molecule has 0 spiro atoms. The van der Waals surface area contributed by atoms with Gasteiger partial charge in [0, 0.05) is 12.8 Å². The van der Waals surface area contributed by atoms with Crippen LogP contribution in [0.4, 0.5) is 0 Å². The van der Waals surface area contributed by atoms with E-state index in [1.54, 1.807) is 0 Å². The molecule has 254 valence electrons. The Morgan fingerprint density at radius 3 is 1.59 bits per heavy atom. The third kappa shape index (κ3) is 32.9. The molecule has 8 nitrogen and oxygen atoms in total. The molecule has 0 amide bonds. The topological polar surface area (TPSA) is 119 Å². The monoisotopic (exact) mass is 640 g/mol. The second-order valence-corrected chi connectivity index (χ2v) is 12.4. The van der Waals surface area contributed by atoms with Gasteiger partial charge in [-0.05, 0) is 38.5 Å². The van der Waals surface area contributed by atoms with Gasteiger partial charge in [0.2, 0.25) is 0 Å². The lowest BCUT2D eigenvalue weighted by Gasteiger charge is -2.18. The first-order chi connectivity index (χ1) is 21.3. The zero-order valence-electron chi connectivity index (χ0n) is 27.5. The Bertz CT molecular complexity index is 859. The molecule has 0 aliphatic carbocycles. The summed E-state index contributed by atoms with van der Waals surface area (Å²) in [6, 6.07) is 0. The van der Waals surface area contributed by atoms with Crippen LogP contribution in [0, 0.1) is 0 Å². The number of hydrogen-bond donors (Lipinski definition) is 2. The van der Waals surface area contributed by atoms with Crippen LogP contribution in [0.25, 0.3) is 0 Å². The Hall–Kier alpha value is -1.99. The van der Waals surface area contributed by atoms with Gasteiger partial charge in [0.15, 0.2) is 6.10 Å². The summed E-state index contributed by atoms with van der Waals surface area (Å²) in [6.07, 6.45) is 35.7. The number of unbranched alkanes of at least 4 members (excludes halogenated alkanes) is 12. The van der Waals surface area contributed by atoms with Crippen LogP contribution in [0.1, 0.15) is 142 Å². The molecule has 0 aromatic rings. The highest BCUT2D eigenvalue weighted by atomic mass is 31.2. The van der Waals surface area contributed by atoms with Gasteiger partial charge in [-0.1, -0.05) is 140 Å². The van der Waals surface area contributed by atoms with Crippen LogP contribution in [0.5, 0.6) is 0 Å². The maximum Gasteiger partial charge on any atom is 0.469 e. The molecule has 0 saturated heterocycles. The van der Waals surface area contributed by atoms with Gasteiger partial charge in [0.25, 0.3) is 0 Å². The van der Waals surface area contributed by atoms with Crippen molar-refractivity contribution in [2.24, 2.45) is 0 Å². The zero-order valence-corrected chi connectivity index (χ0v) is 28.4. The summed E-state index contributed by atoms with van der Waals surface area (Å²) in [7, 11) is -4.76. The van der Waals surface area contributed by atoms with E-state index in [9.17, 15) is 14.2 Å². The van der Waals surface area contributed by atoms with Crippen LogP contribution in [0.3, 0.4) is 0 Å². The van der Waals surface area contributed by atoms with Gasteiger partial charge in [0.1, 0.15) is 6.61 Å². The van der Waals surface area contributed by atoms with Crippen molar-refractivity contribution in [3.8, 4) is 0 Å². The summed E-state index contributed by atoms with van der Waals surface area (Å²) in [5.74, 6) is -0.982. The van der Waals surface area contributed by atoms with Crippen molar-refractivity contribution in [1.29, 1.82) is 0 Å². The van der Waals surface area contributed by atoms with Crippen LogP contribution in [0.15, 0.2) is 48.6 Å². The van der Waals surface area contributed by atoms with Crippen LogP contribution in [-0.2, 0) is 28.2 Å². The molecule has 0 aliphatic heterocycles. The number of ether oxygens (including phenoxy) is 2. The third-order valence-corrected chi connectivity index (χ3v) is 7.36. The molecule has 44 heavy (non-hydrogen) atoms. The fourth-order valence-corrected chi connectivity index (χ4v) is 4.75. The summed E-state index contributed by atoms with van der Waals surface area (Å²) in [5, 5.41) is 0. The molecule has 0 bridgehead atoms. The van der Waals surface area contributed by atoms with Crippen molar-refractivity contribution in [2.75, 3.05) is 13.2 Å². The van der Waals surface area contributed by atoms with Crippen LogP contribution in [-0.4, -0.2) is 41.0 Å². The largest absolute Gasteiger partial charge is 0.469 e. The molecule has 2 N–H and O–H groups in total. The average molecular weight is 641 g/mol. The van der Waals surface area contributed by atoms with Crippen LogP contribution < -0.4 is 0 Å². The number of carbonyl (C=O) groups excluding carboxylic acids is 2. The lowest BCUT2D eigenvalue weighted by Crippen LogP contribution is -2.29. The first-order valence-corrected chi connectivity index (χ1v) is 18.5. The minimum absolute atomic E-state index is 0.0908. The number of esters is 2. The zero-order chi connectivity index (χ0) is 32.6. The number of rotatable bonds is 30. The van der Waals surface area contributed by atoms with Crippen LogP contribution in [0.2, 0.25) is 0 Å². The fraction of sp³-hybridized carbons (Fsp3) is 0.714. The van der Waals surface area contributed by atoms with Crippen molar-refractivity contribution in [1.82, 2.24) is 0 Å². The first kappa shape index (κ1) is 42.0. The number of phosphoric ester groups is 1. The molecule has 0 aliphatic rings. The second kappa shape index (κ2) is 31.0. The second-order valence-electron chi connectivity index (χ2n) is 11.1. The SMILES string of the molecule is CC/C=C\C/C=C\C/C=C\C/C=C\CCC(=O)OC(COC(=O)CCCCCCCCCCCCCCC)COP(=O)(O)O. The average Bonchev–Trinajstić information content (AvgIpc) is 2.98. The minimum atomic E-state index is -4.76. The normalized spacial score (nSPS) is 13.1. The molecule has 0 heterocycles. The Morgan fingerprint density at radius 1 is 0.614 bits per heavy atom.